The van der Waals surface area contributed by atoms with Crippen LogP contribution in [0, 0.1) is 11.8 Å². The van der Waals surface area contributed by atoms with Gasteiger partial charge in [0.05, 0.1) is 22.4 Å². The second kappa shape index (κ2) is 8.87. The molecule has 2 aromatic carbocycles. The van der Waals surface area contributed by atoms with E-state index in [1.54, 1.807) is 13.0 Å². The molecule has 10 heteroatoms. The van der Waals surface area contributed by atoms with Crippen LogP contribution in [-0.4, -0.2) is 67.0 Å². The summed E-state index contributed by atoms with van der Waals surface area (Å²) in [5.74, 6) is -3.05. The monoisotopic (exact) mass is 554 g/mol. The van der Waals surface area contributed by atoms with Crippen molar-refractivity contribution in [3.8, 4) is 11.5 Å². The second-order valence-electron chi connectivity index (χ2n) is 11.5. The molecule has 0 spiro atoms. The van der Waals surface area contributed by atoms with Gasteiger partial charge in [-0.25, -0.2) is 4.79 Å². The van der Waals surface area contributed by atoms with Gasteiger partial charge in [0.25, 0.3) is 5.91 Å². The van der Waals surface area contributed by atoms with Gasteiger partial charge < -0.3 is 30.8 Å². The Morgan fingerprint density at radius 1 is 1.15 bits per heavy atom. The number of carboxylic acids is 1. The maximum Gasteiger partial charge on any atom is 0.337 e. The molecule has 6 rings (SSSR count). The molecule has 9 nitrogen and oxygen atoms in total. The Morgan fingerprint density at radius 3 is 2.59 bits per heavy atom. The number of piperidine rings is 1. The molecule has 1 aliphatic heterocycles. The summed E-state index contributed by atoms with van der Waals surface area (Å²) >= 11 is 6.06. The van der Waals surface area contributed by atoms with Crippen molar-refractivity contribution in [2.75, 3.05) is 18.4 Å². The fourth-order valence-electron chi connectivity index (χ4n) is 7.42. The highest BCUT2D eigenvalue weighted by molar-refractivity contribution is 6.31. The number of hydrogen-bond acceptors (Lipinski definition) is 7. The first-order valence-corrected chi connectivity index (χ1v) is 13.6. The van der Waals surface area contributed by atoms with E-state index in [4.69, 9.17) is 11.6 Å². The summed E-state index contributed by atoms with van der Waals surface area (Å²) in [7, 11) is 0. The van der Waals surface area contributed by atoms with E-state index in [0.717, 1.165) is 24.9 Å². The van der Waals surface area contributed by atoms with E-state index in [1.807, 2.05) is 0 Å². The molecule has 1 saturated heterocycles. The van der Waals surface area contributed by atoms with Gasteiger partial charge in [-0.1, -0.05) is 24.6 Å². The van der Waals surface area contributed by atoms with Crippen molar-refractivity contribution in [1.29, 1.82) is 0 Å². The van der Waals surface area contributed by atoms with Crippen molar-refractivity contribution in [2.24, 2.45) is 11.8 Å². The third-order valence-corrected chi connectivity index (χ3v) is 9.72. The molecular formula is C29H31ClN2O7. The Morgan fingerprint density at radius 2 is 1.90 bits per heavy atom. The number of aliphatic hydroxyl groups is 2. The maximum atomic E-state index is 13.6. The zero-order chi connectivity index (χ0) is 27.9. The minimum Gasteiger partial charge on any atom is -0.512 e. The zero-order valence-corrected chi connectivity index (χ0v) is 22.2. The van der Waals surface area contributed by atoms with Crippen LogP contribution in [0.5, 0.6) is 11.5 Å². The Labute approximate surface area is 230 Å². The number of likely N-dealkylation sites (tertiary alicyclic amines) is 1. The number of carbonyl (C=O) groups is 2. The summed E-state index contributed by atoms with van der Waals surface area (Å²) in [5, 5.41) is 58.1. The number of phenols is 2. The Kier molecular flexibility index (Phi) is 5.91. The number of aromatic hydroxyl groups is 2. The van der Waals surface area contributed by atoms with Gasteiger partial charge in [0.15, 0.2) is 11.5 Å². The number of carboxylic acid groups (broad SMARTS) is 1. The number of halogens is 1. The van der Waals surface area contributed by atoms with E-state index in [0.29, 0.717) is 30.9 Å². The molecule has 0 aromatic heterocycles. The number of carbonyl (C=O) groups excluding carboxylic acids is 1. The van der Waals surface area contributed by atoms with E-state index in [1.165, 1.54) is 24.3 Å². The SMILES string of the molecule is C[C@H]1C(O)=C(C(=O)Nc2cc(Cl)ccc2C(=O)O)C[C@@]2(O)[C@H]3Cc4ccc(O)c(O)c4[C@@]12CCN3CC1CC1. The van der Waals surface area contributed by atoms with E-state index in [2.05, 4.69) is 10.2 Å². The predicted octanol–water partition coefficient (Wildman–Crippen LogP) is 3.95. The van der Waals surface area contributed by atoms with E-state index < -0.39 is 28.8 Å². The first kappa shape index (κ1) is 26.0. The molecule has 2 bridgehead atoms. The minimum absolute atomic E-state index is 0.0210. The first-order chi connectivity index (χ1) is 18.5. The van der Waals surface area contributed by atoms with Crippen molar-refractivity contribution in [1.82, 2.24) is 4.90 Å². The fourth-order valence-corrected chi connectivity index (χ4v) is 7.59. The van der Waals surface area contributed by atoms with Crippen LogP contribution in [-0.2, 0) is 16.6 Å². The second-order valence-corrected chi connectivity index (χ2v) is 11.9. The van der Waals surface area contributed by atoms with Crippen LogP contribution in [0.1, 0.15) is 54.1 Å². The average Bonchev–Trinajstić information content (AvgIpc) is 3.69. The van der Waals surface area contributed by atoms with Crippen LogP contribution in [0.3, 0.4) is 0 Å². The van der Waals surface area contributed by atoms with E-state index >= 15 is 0 Å². The van der Waals surface area contributed by atoms with Crippen molar-refractivity contribution in [3.05, 3.63) is 63.4 Å². The number of allylic oxidation sites excluding steroid dienone is 1. The third-order valence-electron chi connectivity index (χ3n) is 9.49. The lowest BCUT2D eigenvalue weighted by Gasteiger charge is -2.65. The van der Waals surface area contributed by atoms with Crippen molar-refractivity contribution < 1.29 is 35.1 Å². The smallest absolute Gasteiger partial charge is 0.337 e. The number of aromatic carboxylic acids is 1. The van der Waals surface area contributed by atoms with Crippen LogP contribution >= 0.6 is 11.6 Å². The van der Waals surface area contributed by atoms with Gasteiger partial charge in [0, 0.05) is 40.9 Å². The van der Waals surface area contributed by atoms with Crippen LogP contribution in [0.4, 0.5) is 5.69 Å². The normalized spacial score (nSPS) is 29.9. The molecular weight excluding hydrogens is 524 g/mol. The average molecular weight is 555 g/mol. The number of anilines is 1. The summed E-state index contributed by atoms with van der Waals surface area (Å²) in [6.07, 6.45) is 2.88. The van der Waals surface area contributed by atoms with Crippen LogP contribution < -0.4 is 5.32 Å². The lowest BCUT2D eigenvalue weighted by Crippen LogP contribution is -2.75. The minimum atomic E-state index is -1.55. The lowest BCUT2D eigenvalue weighted by molar-refractivity contribution is -0.171. The van der Waals surface area contributed by atoms with Gasteiger partial charge in [-0.2, -0.15) is 0 Å². The Hall–Kier alpha value is -3.27. The number of nitrogens with zero attached hydrogens (tertiary/aromatic N) is 1. The molecule has 2 fully saturated rings. The van der Waals surface area contributed by atoms with Crippen molar-refractivity contribution in [3.63, 3.8) is 0 Å². The number of aliphatic hydroxyl groups excluding tert-OH is 1. The molecule has 6 N–H and O–H groups in total. The third kappa shape index (κ3) is 3.74. The standard InChI is InChI=1S/C29H31ClN2O7/c1-14-24(34)19(26(36)31-20-11-17(30)5-6-18(20)27(37)38)12-29(39)22-10-16-4-7-21(33)25(35)23(16)28(14,29)8-9-32(22)13-15-2-3-15/h4-7,11,14-15,22,33-35,39H,2-3,8-10,12-13H2,1H3,(H,31,36)(H,37,38)/t14-,22+,28+,29+/m0/s1. The predicted molar refractivity (Wildman–Crippen MR) is 143 cm³/mol. The van der Waals surface area contributed by atoms with Crippen LogP contribution in [0.2, 0.25) is 5.02 Å². The highest BCUT2D eigenvalue weighted by Gasteiger charge is 2.69. The lowest BCUT2D eigenvalue weighted by atomic mass is 9.46. The van der Waals surface area contributed by atoms with Gasteiger partial charge in [-0.15, -0.1) is 0 Å². The highest BCUT2D eigenvalue weighted by Crippen LogP contribution is 2.64. The van der Waals surface area contributed by atoms with Gasteiger partial charge in [-0.3, -0.25) is 9.69 Å². The van der Waals surface area contributed by atoms with Gasteiger partial charge in [0.2, 0.25) is 0 Å². The zero-order valence-electron chi connectivity index (χ0n) is 21.4. The number of nitrogens with one attached hydrogen (secondary N) is 1. The van der Waals surface area contributed by atoms with Gasteiger partial charge in [-0.05, 0) is 68.0 Å². The maximum absolute atomic E-state index is 13.6. The summed E-state index contributed by atoms with van der Waals surface area (Å²) in [4.78, 5) is 27.6. The molecule has 1 amide bonds. The number of benzene rings is 2. The molecule has 0 radical (unpaired) electrons. The van der Waals surface area contributed by atoms with Crippen molar-refractivity contribution in [2.45, 2.75) is 56.1 Å². The molecule has 206 valence electrons. The number of hydrogen-bond donors (Lipinski definition) is 6. The molecule has 4 aliphatic rings. The quantitative estimate of drug-likeness (QED) is 0.304. The van der Waals surface area contributed by atoms with E-state index in [9.17, 15) is 35.1 Å². The number of phenolic OH excluding ortho intramolecular Hbond substituents is 2. The van der Waals surface area contributed by atoms with Gasteiger partial charge >= 0.3 is 5.97 Å². The van der Waals surface area contributed by atoms with Crippen LogP contribution in [0.25, 0.3) is 0 Å². The number of fused-ring (bicyclic) bond motifs is 1. The Balaban J connectivity index is 1.47. The Bertz CT molecular complexity index is 1440. The largest absolute Gasteiger partial charge is 0.512 e. The molecule has 3 aliphatic carbocycles. The number of rotatable bonds is 5. The first-order valence-electron chi connectivity index (χ1n) is 13.2. The fraction of sp³-hybridized carbons (Fsp3) is 0.448. The summed E-state index contributed by atoms with van der Waals surface area (Å²) in [6.45, 7) is 3.18. The summed E-state index contributed by atoms with van der Waals surface area (Å²) in [6, 6.07) is 6.84. The topological polar surface area (TPSA) is 151 Å². The molecule has 39 heavy (non-hydrogen) atoms. The molecule has 2 aromatic rings. The number of amides is 1. The highest BCUT2D eigenvalue weighted by atomic mass is 35.5. The van der Waals surface area contributed by atoms with E-state index in [-0.39, 0.29) is 51.6 Å². The molecule has 0 unspecified atom stereocenters. The molecule has 1 heterocycles. The summed E-state index contributed by atoms with van der Waals surface area (Å²) < 4.78 is 0. The molecule has 1 saturated carbocycles. The van der Waals surface area contributed by atoms with Crippen molar-refractivity contribution >= 4 is 29.2 Å². The summed E-state index contributed by atoms with van der Waals surface area (Å²) in [5.41, 5.74) is -1.70. The molecule has 4 atom stereocenters. The van der Waals surface area contributed by atoms with Gasteiger partial charge in [0.1, 0.15) is 5.76 Å². The van der Waals surface area contributed by atoms with Crippen LogP contribution in [0.15, 0.2) is 41.7 Å².